The van der Waals surface area contributed by atoms with E-state index in [2.05, 4.69) is 6.92 Å². The van der Waals surface area contributed by atoms with E-state index in [1.54, 1.807) is 17.6 Å². The van der Waals surface area contributed by atoms with Crippen molar-refractivity contribution in [2.45, 2.75) is 26.2 Å². The van der Waals surface area contributed by atoms with Gasteiger partial charge < -0.3 is 0 Å². The number of hydrogen-bond acceptors (Lipinski definition) is 3. The lowest BCUT2D eigenvalue weighted by molar-refractivity contribution is 0.509. The van der Waals surface area contributed by atoms with Gasteiger partial charge in [-0.15, -0.1) is 11.8 Å². The minimum atomic E-state index is -2.98. The van der Waals surface area contributed by atoms with Gasteiger partial charge in [0.05, 0.1) is 11.6 Å². The minimum absolute atomic E-state index is 0.303. The smallest absolute Gasteiger partial charge is 0.212 e. The average molecular weight is 222 g/mol. The molecule has 0 saturated carbocycles. The molecule has 3 nitrogen and oxygen atoms in total. The third-order valence-corrected chi connectivity index (χ3v) is 4.75. The molecule has 1 radical (unpaired) electrons. The Morgan fingerprint density at radius 2 is 2.23 bits per heavy atom. The molecule has 1 aliphatic rings. The monoisotopic (exact) mass is 222 g/mol. The zero-order chi connectivity index (χ0) is 9.73. The molecule has 0 aliphatic carbocycles. The van der Waals surface area contributed by atoms with Gasteiger partial charge in [0.25, 0.3) is 0 Å². The van der Waals surface area contributed by atoms with Crippen molar-refractivity contribution in [2.75, 3.05) is 18.1 Å². The summed E-state index contributed by atoms with van der Waals surface area (Å²) in [6.07, 6.45) is 2.85. The maximum atomic E-state index is 11.6. The van der Waals surface area contributed by atoms with Crippen LogP contribution in [0.15, 0.2) is 0 Å². The summed E-state index contributed by atoms with van der Waals surface area (Å²) in [5.74, 6) is 2.92. The summed E-state index contributed by atoms with van der Waals surface area (Å²) in [5, 5.41) is 0. The van der Waals surface area contributed by atoms with Crippen LogP contribution in [-0.2, 0) is 10.0 Å². The Hall–Kier alpha value is 0.260. The van der Waals surface area contributed by atoms with Gasteiger partial charge in [0.15, 0.2) is 0 Å². The number of nitrogens with zero attached hydrogens (tertiary/aromatic N) is 1. The molecule has 0 spiro atoms. The van der Waals surface area contributed by atoms with Crippen LogP contribution in [0.4, 0.5) is 0 Å². The van der Waals surface area contributed by atoms with E-state index in [1.165, 1.54) is 4.31 Å². The first kappa shape index (κ1) is 11.3. The summed E-state index contributed by atoms with van der Waals surface area (Å²) in [6, 6.07) is 0. The molecule has 1 rings (SSSR count). The van der Waals surface area contributed by atoms with Crippen LogP contribution in [0.25, 0.3) is 0 Å². The Bertz CT molecular complexity index is 233. The summed E-state index contributed by atoms with van der Waals surface area (Å²) in [6.45, 7) is 2.73. The SMILES string of the molecule is CCCCCS(=O)(=O)N1[CH]SCC1. The molecule has 1 saturated heterocycles. The fourth-order valence-corrected chi connectivity index (χ4v) is 3.86. The predicted octanol–water partition coefficient (Wildman–Crippen LogP) is 1.67. The third kappa shape index (κ3) is 3.48. The molecule has 0 aromatic heterocycles. The zero-order valence-corrected chi connectivity index (χ0v) is 9.53. The topological polar surface area (TPSA) is 37.4 Å². The second-order valence-corrected chi connectivity index (χ2v) is 6.10. The van der Waals surface area contributed by atoms with Crippen LogP contribution < -0.4 is 0 Å². The summed E-state index contributed by atoms with van der Waals surface area (Å²) >= 11 is 1.57. The highest BCUT2D eigenvalue weighted by molar-refractivity contribution is 8.02. The van der Waals surface area contributed by atoms with Gasteiger partial charge in [-0.05, 0) is 6.42 Å². The van der Waals surface area contributed by atoms with Crippen molar-refractivity contribution >= 4 is 21.8 Å². The van der Waals surface area contributed by atoms with Crippen LogP contribution in [0, 0.1) is 5.88 Å². The maximum absolute atomic E-state index is 11.6. The van der Waals surface area contributed by atoms with E-state index in [0.29, 0.717) is 12.3 Å². The molecule has 0 unspecified atom stereocenters. The van der Waals surface area contributed by atoms with E-state index in [-0.39, 0.29) is 0 Å². The summed E-state index contributed by atoms with van der Waals surface area (Å²) in [7, 11) is -2.98. The molecular weight excluding hydrogens is 206 g/mol. The second kappa shape index (κ2) is 5.22. The molecule has 0 aromatic rings. The molecule has 5 heteroatoms. The van der Waals surface area contributed by atoms with Gasteiger partial charge in [-0.3, -0.25) is 0 Å². The van der Waals surface area contributed by atoms with Gasteiger partial charge in [0.2, 0.25) is 10.0 Å². The van der Waals surface area contributed by atoms with Gasteiger partial charge >= 0.3 is 0 Å². The molecule has 1 aliphatic heterocycles. The predicted molar refractivity (Wildman–Crippen MR) is 56.8 cm³/mol. The number of sulfonamides is 1. The van der Waals surface area contributed by atoms with Gasteiger partial charge in [0.1, 0.15) is 0 Å². The first-order valence-electron chi connectivity index (χ1n) is 4.61. The largest absolute Gasteiger partial charge is 0.215 e. The lowest BCUT2D eigenvalue weighted by atomic mass is 10.3. The van der Waals surface area contributed by atoms with Crippen LogP contribution in [0.5, 0.6) is 0 Å². The molecule has 77 valence electrons. The highest BCUT2D eigenvalue weighted by atomic mass is 32.2. The molecule has 1 fully saturated rings. The van der Waals surface area contributed by atoms with Crippen molar-refractivity contribution in [3.63, 3.8) is 0 Å². The molecule has 0 N–H and O–H groups in total. The van der Waals surface area contributed by atoms with Crippen LogP contribution >= 0.6 is 11.8 Å². The normalized spacial score (nSPS) is 19.5. The number of unbranched alkanes of at least 4 members (excludes halogenated alkanes) is 2. The van der Waals surface area contributed by atoms with Crippen molar-refractivity contribution in [3.8, 4) is 0 Å². The van der Waals surface area contributed by atoms with Crippen molar-refractivity contribution in [3.05, 3.63) is 5.88 Å². The van der Waals surface area contributed by atoms with Crippen LogP contribution in [0.2, 0.25) is 0 Å². The second-order valence-electron chi connectivity index (χ2n) is 3.11. The van der Waals surface area contributed by atoms with Crippen LogP contribution in [0.3, 0.4) is 0 Å². The summed E-state index contributed by atoms with van der Waals surface area (Å²) < 4.78 is 24.7. The Morgan fingerprint density at radius 1 is 1.46 bits per heavy atom. The van der Waals surface area contributed by atoms with E-state index in [0.717, 1.165) is 25.0 Å². The van der Waals surface area contributed by atoms with Crippen molar-refractivity contribution in [1.29, 1.82) is 0 Å². The molecule has 0 atom stereocenters. The number of rotatable bonds is 5. The molecule has 13 heavy (non-hydrogen) atoms. The fourth-order valence-electron chi connectivity index (χ4n) is 1.19. The lowest BCUT2D eigenvalue weighted by Crippen LogP contribution is -2.28. The Kier molecular flexibility index (Phi) is 4.55. The molecule has 0 amide bonds. The Morgan fingerprint density at radius 3 is 2.77 bits per heavy atom. The number of hydrogen-bond donors (Lipinski definition) is 0. The first-order chi connectivity index (χ1) is 6.17. The zero-order valence-electron chi connectivity index (χ0n) is 7.90. The van der Waals surface area contributed by atoms with E-state index in [9.17, 15) is 8.42 Å². The van der Waals surface area contributed by atoms with E-state index in [4.69, 9.17) is 0 Å². The van der Waals surface area contributed by atoms with Crippen molar-refractivity contribution in [2.24, 2.45) is 0 Å². The van der Waals surface area contributed by atoms with E-state index >= 15 is 0 Å². The quantitative estimate of drug-likeness (QED) is 0.664. The van der Waals surface area contributed by atoms with Gasteiger partial charge in [-0.25, -0.2) is 8.42 Å². The van der Waals surface area contributed by atoms with E-state index < -0.39 is 10.0 Å². The van der Waals surface area contributed by atoms with Gasteiger partial charge in [-0.2, -0.15) is 4.31 Å². The molecule has 0 bridgehead atoms. The summed E-state index contributed by atoms with van der Waals surface area (Å²) in [5.41, 5.74) is 0. The molecular formula is C8H16NO2S2. The first-order valence-corrected chi connectivity index (χ1v) is 7.27. The van der Waals surface area contributed by atoms with Gasteiger partial charge in [-0.1, -0.05) is 19.8 Å². The average Bonchev–Trinajstić information content (AvgIpc) is 2.56. The molecule has 0 aromatic carbocycles. The minimum Gasteiger partial charge on any atom is -0.212 e. The number of thioether (sulfide) groups is 1. The fraction of sp³-hybridized carbons (Fsp3) is 0.875. The Balaban J connectivity index is 2.36. The Labute approximate surface area is 84.9 Å². The highest BCUT2D eigenvalue weighted by Gasteiger charge is 2.25. The highest BCUT2D eigenvalue weighted by Crippen LogP contribution is 2.22. The standard InChI is InChI=1S/C8H16NO2S2/c1-2-3-4-7-13(10,11)9-5-6-12-8-9/h8H,2-7H2,1H3. The third-order valence-electron chi connectivity index (χ3n) is 1.98. The molecule has 1 heterocycles. The summed E-state index contributed by atoms with van der Waals surface area (Å²) in [4.78, 5) is 0. The van der Waals surface area contributed by atoms with E-state index in [1.807, 2.05) is 0 Å². The van der Waals surface area contributed by atoms with Gasteiger partial charge in [0, 0.05) is 12.3 Å². The van der Waals surface area contributed by atoms with Crippen molar-refractivity contribution in [1.82, 2.24) is 4.31 Å². The van der Waals surface area contributed by atoms with Crippen LogP contribution in [0.1, 0.15) is 26.2 Å². The van der Waals surface area contributed by atoms with Crippen molar-refractivity contribution < 1.29 is 8.42 Å². The lowest BCUT2D eigenvalue weighted by Gasteiger charge is -2.13. The maximum Gasteiger partial charge on any atom is 0.215 e. The van der Waals surface area contributed by atoms with Crippen LogP contribution in [-0.4, -0.2) is 30.8 Å².